The van der Waals surface area contributed by atoms with Gasteiger partial charge in [0.15, 0.2) is 17.1 Å². The van der Waals surface area contributed by atoms with Crippen LogP contribution in [0.5, 0.6) is 17.6 Å². The van der Waals surface area contributed by atoms with Gasteiger partial charge in [-0.2, -0.15) is 4.98 Å². The van der Waals surface area contributed by atoms with Crippen molar-refractivity contribution in [1.29, 1.82) is 0 Å². The molecule has 5 nitrogen and oxygen atoms in total. The highest BCUT2D eigenvalue weighted by Gasteiger charge is 2.11. The van der Waals surface area contributed by atoms with Crippen LogP contribution in [-0.4, -0.2) is 17.2 Å². The summed E-state index contributed by atoms with van der Waals surface area (Å²) in [4.78, 5) is 4.23. The molecule has 0 unspecified atom stereocenters. The van der Waals surface area contributed by atoms with Crippen molar-refractivity contribution in [3.05, 3.63) is 48.0 Å². The Morgan fingerprint density at radius 3 is 2.75 bits per heavy atom. The number of rotatable bonds is 4. The van der Waals surface area contributed by atoms with Crippen molar-refractivity contribution in [2.75, 3.05) is 7.11 Å². The Kier molecular flexibility index (Phi) is 3.26. The smallest absolute Gasteiger partial charge is 0.400 e. The molecule has 0 aliphatic heterocycles. The van der Waals surface area contributed by atoms with Crippen LogP contribution in [0.3, 0.4) is 0 Å². The first-order valence-corrected chi connectivity index (χ1v) is 6.11. The highest BCUT2D eigenvalue weighted by molar-refractivity contribution is 5.72. The van der Waals surface area contributed by atoms with Crippen LogP contribution >= 0.6 is 0 Å². The van der Waals surface area contributed by atoms with Gasteiger partial charge in [-0.3, -0.25) is 0 Å². The number of fused-ring (bicyclic) bond motifs is 1. The Labute approximate surface area is 115 Å². The molecule has 0 spiro atoms. The van der Waals surface area contributed by atoms with E-state index in [4.69, 9.17) is 19.0 Å². The van der Waals surface area contributed by atoms with Gasteiger partial charge in [0.25, 0.3) is 0 Å². The van der Waals surface area contributed by atoms with Gasteiger partial charge < -0.3 is 19.0 Å². The molecule has 102 valence electrons. The summed E-state index contributed by atoms with van der Waals surface area (Å²) in [6.07, 6.45) is 0.154. The summed E-state index contributed by atoms with van der Waals surface area (Å²) >= 11 is 0. The van der Waals surface area contributed by atoms with Crippen molar-refractivity contribution in [2.45, 2.75) is 6.61 Å². The monoisotopic (exact) mass is 271 g/mol. The summed E-state index contributed by atoms with van der Waals surface area (Å²) in [6.45, 7) is -0.0560. The molecule has 0 bridgehead atoms. The van der Waals surface area contributed by atoms with Gasteiger partial charge in [0.2, 0.25) is 0 Å². The lowest BCUT2D eigenvalue weighted by Gasteiger charge is -2.08. The lowest BCUT2D eigenvalue weighted by Crippen LogP contribution is -1.92. The highest BCUT2D eigenvalue weighted by Crippen LogP contribution is 2.33. The number of ether oxygens (including phenoxy) is 2. The molecule has 1 N–H and O–H groups in total. The number of benzene rings is 2. The van der Waals surface area contributed by atoms with Gasteiger partial charge >= 0.3 is 6.08 Å². The predicted octanol–water partition coefficient (Wildman–Crippen LogP) is 3.12. The molecule has 0 radical (unpaired) electrons. The van der Waals surface area contributed by atoms with Crippen LogP contribution in [0, 0.1) is 0 Å². The Balaban J connectivity index is 1.93. The summed E-state index contributed by atoms with van der Waals surface area (Å²) in [6, 6.07) is 12.6. The number of aromatic nitrogens is 1. The minimum Gasteiger partial charge on any atom is -0.493 e. The van der Waals surface area contributed by atoms with Crippen molar-refractivity contribution in [2.24, 2.45) is 0 Å². The normalized spacial score (nSPS) is 10.7. The second-order valence-corrected chi connectivity index (χ2v) is 4.19. The molecule has 0 fully saturated rings. The van der Waals surface area contributed by atoms with Crippen LogP contribution in [-0.2, 0) is 6.61 Å². The van der Waals surface area contributed by atoms with Gasteiger partial charge in [-0.1, -0.05) is 18.2 Å². The third-order valence-corrected chi connectivity index (χ3v) is 2.88. The standard InChI is InChI=1S/C15H13NO4/c1-18-14-8-10(9-17)6-7-13(14)20-15-16-11-4-2-3-5-12(11)19-15/h2-8,17H,9H2,1H3. The number of hydrogen-bond donors (Lipinski definition) is 1. The van der Waals surface area contributed by atoms with Crippen molar-refractivity contribution in [1.82, 2.24) is 4.98 Å². The van der Waals surface area contributed by atoms with Crippen molar-refractivity contribution in [3.63, 3.8) is 0 Å². The van der Waals surface area contributed by atoms with Gasteiger partial charge in [0, 0.05) is 0 Å². The maximum atomic E-state index is 9.11. The van der Waals surface area contributed by atoms with E-state index in [1.165, 1.54) is 7.11 Å². The van der Waals surface area contributed by atoms with Gasteiger partial charge in [0.1, 0.15) is 5.52 Å². The van der Waals surface area contributed by atoms with Crippen LogP contribution in [0.4, 0.5) is 0 Å². The van der Waals surface area contributed by atoms with Crippen LogP contribution in [0.1, 0.15) is 5.56 Å². The minimum atomic E-state index is -0.0560. The molecule has 0 saturated carbocycles. The van der Waals surface area contributed by atoms with Gasteiger partial charge in [-0.05, 0) is 29.8 Å². The zero-order valence-electron chi connectivity index (χ0n) is 10.9. The first kappa shape index (κ1) is 12.5. The number of para-hydroxylation sites is 2. The maximum absolute atomic E-state index is 9.11. The molecule has 5 heteroatoms. The van der Waals surface area contributed by atoms with Gasteiger partial charge in [0.05, 0.1) is 13.7 Å². The number of aliphatic hydroxyl groups is 1. The van der Waals surface area contributed by atoms with Gasteiger partial charge in [-0.25, -0.2) is 0 Å². The molecule has 0 atom stereocenters. The van der Waals surface area contributed by atoms with Gasteiger partial charge in [-0.15, -0.1) is 0 Å². The number of methoxy groups -OCH3 is 1. The first-order chi connectivity index (χ1) is 9.80. The fourth-order valence-electron chi connectivity index (χ4n) is 1.88. The molecule has 1 aromatic heterocycles. The van der Waals surface area contributed by atoms with E-state index in [0.717, 1.165) is 11.1 Å². The third-order valence-electron chi connectivity index (χ3n) is 2.88. The summed E-state index contributed by atoms with van der Waals surface area (Å²) < 4.78 is 16.3. The van der Waals surface area contributed by atoms with Crippen LogP contribution in [0.25, 0.3) is 11.1 Å². The molecule has 2 aromatic carbocycles. The maximum Gasteiger partial charge on any atom is 0.400 e. The van der Waals surface area contributed by atoms with E-state index in [2.05, 4.69) is 4.98 Å². The Morgan fingerprint density at radius 1 is 1.15 bits per heavy atom. The van der Waals surface area contributed by atoms with E-state index < -0.39 is 0 Å². The number of aliphatic hydroxyl groups excluding tert-OH is 1. The van der Waals surface area contributed by atoms with E-state index in [1.54, 1.807) is 18.2 Å². The molecule has 1 heterocycles. The van der Waals surface area contributed by atoms with E-state index in [-0.39, 0.29) is 12.7 Å². The molecule has 3 rings (SSSR count). The lowest BCUT2D eigenvalue weighted by molar-refractivity contribution is 0.279. The largest absolute Gasteiger partial charge is 0.493 e. The Hall–Kier alpha value is -2.53. The molecule has 0 amide bonds. The second-order valence-electron chi connectivity index (χ2n) is 4.19. The molecule has 0 aliphatic carbocycles. The number of oxazole rings is 1. The zero-order chi connectivity index (χ0) is 13.9. The predicted molar refractivity (Wildman–Crippen MR) is 73.0 cm³/mol. The first-order valence-electron chi connectivity index (χ1n) is 6.11. The summed E-state index contributed by atoms with van der Waals surface area (Å²) in [5, 5.41) is 9.11. The van der Waals surface area contributed by atoms with Crippen LogP contribution in [0.15, 0.2) is 46.9 Å². The fourth-order valence-corrected chi connectivity index (χ4v) is 1.88. The molecule has 3 aromatic rings. The average molecular weight is 271 g/mol. The van der Waals surface area contributed by atoms with Crippen molar-refractivity contribution in [3.8, 4) is 17.6 Å². The Bertz CT molecular complexity index is 703. The third kappa shape index (κ3) is 2.31. The zero-order valence-corrected chi connectivity index (χ0v) is 10.9. The topological polar surface area (TPSA) is 64.7 Å². The molecular formula is C15H13NO4. The average Bonchev–Trinajstić information content (AvgIpc) is 2.90. The molecular weight excluding hydrogens is 258 g/mol. The number of nitrogens with zero attached hydrogens (tertiary/aromatic N) is 1. The highest BCUT2D eigenvalue weighted by atomic mass is 16.6. The van der Waals surface area contributed by atoms with E-state index >= 15 is 0 Å². The summed E-state index contributed by atoms with van der Waals surface area (Å²) in [7, 11) is 1.54. The van der Waals surface area contributed by atoms with Crippen LogP contribution in [0.2, 0.25) is 0 Å². The summed E-state index contributed by atoms with van der Waals surface area (Å²) in [5.41, 5.74) is 2.13. The molecule has 0 saturated heterocycles. The quantitative estimate of drug-likeness (QED) is 0.789. The summed E-state index contributed by atoms with van der Waals surface area (Å²) in [5.74, 6) is 0.995. The van der Waals surface area contributed by atoms with E-state index in [1.807, 2.05) is 24.3 Å². The molecule has 0 aliphatic rings. The van der Waals surface area contributed by atoms with Crippen molar-refractivity contribution < 1.29 is 19.0 Å². The van der Waals surface area contributed by atoms with Crippen LogP contribution < -0.4 is 9.47 Å². The van der Waals surface area contributed by atoms with Crippen molar-refractivity contribution >= 4 is 11.1 Å². The lowest BCUT2D eigenvalue weighted by atomic mass is 10.2. The van der Waals surface area contributed by atoms with E-state index in [0.29, 0.717) is 17.1 Å². The van der Waals surface area contributed by atoms with E-state index in [9.17, 15) is 0 Å². The molecule has 20 heavy (non-hydrogen) atoms. The SMILES string of the molecule is COc1cc(CO)ccc1Oc1nc2ccccc2o1. The second kappa shape index (κ2) is 5.22. The number of hydrogen-bond acceptors (Lipinski definition) is 5. The fraction of sp³-hybridized carbons (Fsp3) is 0.133. The minimum absolute atomic E-state index is 0.0560. The Morgan fingerprint density at radius 2 is 2.00 bits per heavy atom.